The van der Waals surface area contributed by atoms with E-state index in [-0.39, 0.29) is 30.5 Å². The Morgan fingerprint density at radius 3 is 2.34 bits per heavy atom. The molecule has 1 aliphatic heterocycles. The molecule has 0 aromatic heterocycles. The van der Waals surface area contributed by atoms with Crippen LogP contribution in [-0.2, 0) is 14.2 Å². The third-order valence-corrected chi connectivity index (χ3v) is 4.93. The Hall–Kier alpha value is -2.22. The van der Waals surface area contributed by atoms with Crippen molar-refractivity contribution in [3.63, 3.8) is 0 Å². The number of halogens is 2. The lowest BCUT2D eigenvalue weighted by molar-refractivity contribution is -0.172. The highest BCUT2D eigenvalue weighted by Crippen LogP contribution is 2.31. The predicted molar refractivity (Wildman–Crippen MR) is 103 cm³/mol. The van der Waals surface area contributed by atoms with Crippen LogP contribution >= 0.6 is 0 Å². The van der Waals surface area contributed by atoms with Gasteiger partial charge in [0, 0.05) is 43.2 Å². The maximum absolute atomic E-state index is 13.4. The standard InChI is InChI=1S/C22H26F2O5/c1-14(12-27-19-9-16(23)8-17(24)10-19)21-11-20(26-3)13-28-22(29-21)15-4-6-18(25-2)7-5-15/h4-10,14,20-22H,11-13H2,1-3H3. The summed E-state index contributed by atoms with van der Waals surface area (Å²) in [4.78, 5) is 0. The summed E-state index contributed by atoms with van der Waals surface area (Å²) in [5.41, 5.74) is 0.868. The van der Waals surface area contributed by atoms with Crippen molar-refractivity contribution in [2.45, 2.75) is 31.8 Å². The fourth-order valence-corrected chi connectivity index (χ4v) is 3.19. The normalized spacial score (nSPS) is 23.3. The maximum Gasteiger partial charge on any atom is 0.184 e. The highest BCUT2D eigenvalue weighted by molar-refractivity contribution is 5.28. The monoisotopic (exact) mass is 408 g/mol. The van der Waals surface area contributed by atoms with Gasteiger partial charge in [-0.1, -0.05) is 19.1 Å². The van der Waals surface area contributed by atoms with Gasteiger partial charge >= 0.3 is 0 Å². The van der Waals surface area contributed by atoms with E-state index < -0.39 is 17.9 Å². The van der Waals surface area contributed by atoms with Crippen LogP contribution in [0.5, 0.6) is 11.5 Å². The number of methoxy groups -OCH3 is 2. The highest BCUT2D eigenvalue weighted by atomic mass is 19.1. The second kappa shape index (κ2) is 10.0. The van der Waals surface area contributed by atoms with Crippen molar-refractivity contribution in [1.82, 2.24) is 0 Å². The van der Waals surface area contributed by atoms with Crippen LogP contribution in [0.25, 0.3) is 0 Å². The SMILES string of the molecule is COc1ccc(C2OCC(OC)CC(C(C)COc3cc(F)cc(F)c3)O2)cc1. The Bertz CT molecular complexity index is 763. The number of hydrogen-bond acceptors (Lipinski definition) is 5. The Morgan fingerprint density at radius 2 is 1.72 bits per heavy atom. The fourth-order valence-electron chi connectivity index (χ4n) is 3.19. The van der Waals surface area contributed by atoms with Crippen molar-refractivity contribution >= 4 is 0 Å². The molecule has 2 aromatic rings. The van der Waals surface area contributed by atoms with Crippen LogP contribution < -0.4 is 9.47 Å². The lowest BCUT2D eigenvalue weighted by Crippen LogP contribution is -2.30. The van der Waals surface area contributed by atoms with E-state index in [1.165, 1.54) is 0 Å². The van der Waals surface area contributed by atoms with Crippen molar-refractivity contribution < 1.29 is 32.5 Å². The highest BCUT2D eigenvalue weighted by Gasteiger charge is 2.31. The topological polar surface area (TPSA) is 46.2 Å². The molecule has 158 valence electrons. The summed E-state index contributed by atoms with van der Waals surface area (Å²) in [6.45, 7) is 2.59. The average molecular weight is 408 g/mol. The molecule has 0 amide bonds. The van der Waals surface area contributed by atoms with Gasteiger partial charge in [-0.3, -0.25) is 0 Å². The fraction of sp³-hybridized carbons (Fsp3) is 0.455. The summed E-state index contributed by atoms with van der Waals surface area (Å²) in [6.07, 6.45) is -0.295. The summed E-state index contributed by atoms with van der Waals surface area (Å²) < 4.78 is 55.2. The van der Waals surface area contributed by atoms with Gasteiger partial charge in [0.05, 0.1) is 32.5 Å². The van der Waals surface area contributed by atoms with Crippen molar-refractivity contribution in [1.29, 1.82) is 0 Å². The third kappa shape index (κ3) is 5.88. The van der Waals surface area contributed by atoms with Gasteiger partial charge in [0.2, 0.25) is 0 Å². The number of benzene rings is 2. The van der Waals surface area contributed by atoms with Crippen LogP contribution in [0.2, 0.25) is 0 Å². The molecule has 3 rings (SSSR count). The molecule has 0 aliphatic carbocycles. The van der Waals surface area contributed by atoms with Gasteiger partial charge in [0.1, 0.15) is 23.1 Å². The molecule has 0 N–H and O–H groups in total. The predicted octanol–water partition coefficient (Wildman–Crippen LogP) is 4.51. The minimum absolute atomic E-state index is 0.0681. The first-order valence-electron chi connectivity index (χ1n) is 9.51. The molecule has 0 saturated carbocycles. The quantitative estimate of drug-likeness (QED) is 0.675. The van der Waals surface area contributed by atoms with Gasteiger partial charge in [-0.15, -0.1) is 0 Å². The molecule has 0 spiro atoms. The van der Waals surface area contributed by atoms with E-state index in [0.717, 1.165) is 29.5 Å². The second-order valence-corrected chi connectivity index (χ2v) is 7.10. The first kappa shape index (κ1) is 21.5. The van der Waals surface area contributed by atoms with E-state index in [1.807, 2.05) is 31.2 Å². The molecule has 0 radical (unpaired) electrons. The van der Waals surface area contributed by atoms with Gasteiger partial charge in [0.15, 0.2) is 6.29 Å². The van der Waals surface area contributed by atoms with Crippen LogP contribution in [0, 0.1) is 17.6 Å². The Morgan fingerprint density at radius 1 is 1.03 bits per heavy atom. The summed E-state index contributed by atoms with van der Waals surface area (Å²) in [7, 11) is 3.24. The van der Waals surface area contributed by atoms with Crippen molar-refractivity contribution in [2.75, 3.05) is 27.4 Å². The van der Waals surface area contributed by atoms with Gasteiger partial charge < -0.3 is 23.7 Å². The van der Waals surface area contributed by atoms with Gasteiger partial charge in [0.25, 0.3) is 0 Å². The zero-order valence-corrected chi connectivity index (χ0v) is 16.8. The van der Waals surface area contributed by atoms with E-state index in [4.69, 9.17) is 23.7 Å². The van der Waals surface area contributed by atoms with Crippen LogP contribution in [0.15, 0.2) is 42.5 Å². The van der Waals surface area contributed by atoms with E-state index in [1.54, 1.807) is 14.2 Å². The molecule has 4 unspecified atom stereocenters. The summed E-state index contributed by atoms with van der Waals surface area (Å²) in [5.74, 6) is -0.523. The molecular weight excluding hydrogens is 382 g/mol. The zero-order valence-electron chi connectivity index (χ0n) is 16.8. The molecule has 1 aliphatic rings. The number of ether oxygens (including phenoxy) is 5. The van der Waals surface area contributed by atoms with Crippen molar-refractivity contribution in [3.05, 3.63) is 59.7 Å². The van der Waals surface area contributed by atoms with E-state index in [0.29, 0.717) is 13.0 Å². The van der Waals surface area contributed by atoms with Crippen LogP contribution in [0.3, 0.4) is 0 Å². The van der Waals surface area contributed by atoms with Gasteiger partial charge in [-0.25, -0.2) is 8.78 Å². The van der Waals surface area contributed by atoms with Crippen LogP contribution in [0.1, 0.15) is 25.2 Å². The molecule has 2 aromatic carbocycles. The average Bonchev–Trinajstić information content (AvgIpc) is 2.94. The van der Waals surface area contributed by atoms with Crippen LogP contribution in [-0.4, -0.2) is 39.6 Å². The molecule has 1 saturated heterocycles. The minimum atomic E-state index is -0.675. The Kier molecular flexibility index (Phi) is 7.41. The molecule has 1 fully saturated rings. The van der Waals surface area contributed by atoms with Gasteiger partial charge in [-0.2, -0.15) is 0 Å². The largest absolute Gasteiger partial charge is 0.497 e. The Balaban J connectivity index is 1.68. The van der Waals surface area contributed by atoms with Crippen molar-refractivity contribution in [3.8, 4) is 11.5 Å². The second-order valence-electron chi connectivity index (χ2n) is 7.10. The molecule has 1 heterocycles. The zero-order chi connectivity index (χ0) is 20.8. The molecule has 7 heteroatoms. The smallest absolute Gasteiger partial charge is 0.184 e. The number of rotatable bonds is 7. The summed E-state index contributed by atoms with van der Waals surface area (Å²) >= 11 is 0. The lowest BCUT2D eigenvalue weighted by atomic mass is 10.00. The van der Waals surface area contributed by atoms with E-state index in [9.17, 15) is 8.78 Å². The summed E-state index contributed by atoms with van der Waals surface area (Å²) in [6, 6.07) is 10.6. The molecule has 29 heavy (non-hydrogen) atoms. The summed E-state index contributed by atoms with van der Waals surface area (Å²) in [5, 5.41) is 0. The number of hydrogen-bond donors (Lipinski definition) is 0. The van der Waals surface area contributed by atoms with E-state index in [2.05, 4.69) is 0 Å². The molecule has 0 bridgehead atoms. The lowest BCUT2D eigenvalue weighted by Gasteiger charge is -2.27. The third-order valence-electron chi connectivity index (χ3n) is 4.93. The molecule has 4 atom stereocenters. The molecule has 5 nitrogen and oxygen atoms in total. The first-order chi connectivity index (χ1) is 14.0. The first-order valence-corrected chi connectivity index (χ1v) is 9.51. The van der Waals surface area contributed by atoms with Crippen molar-refractivity contribution in [2.24, 2.45) is 5.92 Å². The maximum atomic E-state index is 13.4. The molecular formula is C22H26F2O5. The van der Waals surface area contributed by atoms with Gasteiger partial charge in [-0.05, 0) is 12.1 Å². The Labute approximate surface area is 169 Å². The van der Waals surface area contributed by atoms with E-state index >= 15 is 0 Å². The van der Waals surface area contributed by atoms with Crippen LogP contribution in [0.4, 0.5) is 8.78 Å². The minimum Gasteiger partial charge on any atom is -0.497 e.